The molecule has 10 heteroatoms. The third-order valence-electron chi connectivity index (χ3n) is 21.9. The molecule has 1 N–H and O–H groups in total. The van der Waals surface area contributed by atoms with Crippen LogP contribution in [-0.4, -0.2) is 73.7 Å². The molecule has 70 heavy (non-hydrogen) atoms. The maximum absolute atomic E-state index is 12.7. The minimum Gasteiger partial charge on any atom is -0.411 e. The van der Waals surface area contributed by atoms with E-state index in [1.54, 1.807) is 0 Å². The first-order chi connectivity index (χ1) is 31.1. The van der Waals surface area contributed by atoms with Crippen molar-refractivity contribution < 1.29 is 27.6 Å². The number of Topliss-reactive ketones (excluding diaryl/α,β-unsaturated/α-hetero) is 1. The fourth-order valence-corrected chi connectivity index (χ4v) is 19.6. The first-order valence-corrected chi connectivity index (χ1v) is 40.7. The predicted molar refractivity (Wildman–Crippen MR) is 313 cm³/mol. The van der Waals surface area contributed by atoms with Gasteiger partial charge in [-0.15, -0.1) is 0 Å². The Morgan fingerprint density at radius 3 is 1.26 bits per heavy atom. The largest absolute Gasteiger partial charge is 0.411 e. The van der Waals surface area contributed by atoms with Gasteiger partial charge in [0.2, 0.25) is 0 Å². The zero-order valence-corrected chi connectivity index (χ0v) is 56.1. The molecule has 0 aliphatic heterocycles. The molecule has 0 bridgehead atoms. The third kappa shape index (κ3) is 14.9. The topological polar surface area (TPSA) is 74.2 Å². The zero-order chi connectivity index (χ0) is 54.5. The lowest BCUT2D eigenvalue weighted by Gasteiger charge is -2.49. The van der Waals surface area contributed by atoms with Crippen LogP contribution in [0.1, 0.15) is 228 Å². The molecule has 0 aromatic heterocycles. The van der Waals surface area contributed by atoms with Gasteiger partial charge in [-0.1, -0.05) is 117 Å². The van der Waals surface area contributed by atoms with E-state index in [0.717, 1.165) is 44.9 Å². The number of ketones is 1. The highest BCUT2D eigenvalue weighted by molar-refractivity contribution is 6.75. The van der Waals surface area contributed by atoms with Crippen LogP contribution in [0.25, 0.3) is 0 Å². The van der Waals surface area contributed by atoms with Gasteiger partial charge in [0.15, 0.2) is 33.3 Å². The number of fused-ring (bicyclic) bond motifs is 2. The predicted octanol–water partition coefficient (Wildman–Crippen LogP) is 18.5. The molecule has 6 nitrogen and oxygen atoms in total. The Morgan fingerprint density at radius 2 is 0.871 bits per heavy atom. The standard InChI is InChI=1S/C30H62O3Si2.C30H60O3Si2/c2*1-22(23-18-19-24-25(31)16-15-21-30(23,24)10)17-20-26(32-34(11,12)27(2,3)4)29(8,9)33-35(13,14)28(5,6)7/h22-26,31H,15-21H2,1-14H3;22-24,26H,15-21H2,1-14H3/t22-,23-,24+,25+,26+,30-;22-,23-,24+,26+,30-/m11/s1. The molecule has 0 spiro atoms. The Balaban J connectivity index is 0.000000370. The van der Waals surface area contributed by atoms with Gasteiger partial charge in [-0.3, -0.25) is 4.79 Å². The third-order valence-corrected chi connectivity index (χ3v) is 40.2. The van der Waals surface area contributed by atoms with E-state index in [1.165, 1.54) is 44.9 Å². The molecule has 4 aliphatic carbocycles. The van der Waals surface area contributed by atoms with Crippen molar-refractivity contribution >= 4 is 39.1 Å². The Labute approximate surface area is 441 Å². The highest BCUT2D eigenvalue weighted by atomic mass is 28.4. The molecular weight excluding hydrogens is 929 g/mol. The van der Waals surface area contributed by atoms with Gasteiger partial charge in [-0.25, -0.2) is 0 Å². The number of aliphatic hydroxyl groups excluding tert-OH is 1. The molecule has 0 amide bonds. The fourth-order valence-electron chi connectivity index (χ4n) is 13.2. The molecule has 11 atom stereocenters. The van der Waals surface area contributed by atoms with E-state index in [0.29, 0.717) is 46.7 Å². The molecule has 0 aromatic rings. The highest BCUT2D eigenvalue weighted by Gasteiger charge is 2.55. The van der Waals surface area contributed by atoms with Gasteiger partial charge in [0, 0.05) is 12.3 Å². The Hall–Kier alpha value is 0.338. The van der Waals surface area contributed by atoms with E-state index in [4.69, 9.17) is 17.7 Å². The van der Waals surface area contributed by atoms with Gasteiger partial charge in [0.25, 0.3) is 0 Å². The van der Waals surface area contributed by atoms with Crippen molar-refractivity contribution in [3.63, 3.8) is 0 Å². The van der Waals surface area contributed by atoms with E-state index in [1.807, 2.05) is 0 Å². The molecular formula is C60H122O6Si4. The number of rotatable bonds is 18. The Morgan fingerprint density at radius 1 is 0.514 bits per heavy atom. The summed E-state index contributed by atoms with van der Waals surface area (Å²) in [5.74, 6) is 3.95. The van der Waals surface area contributed by atoms with Crippen LogP contribution in [0.3, 0.4) is 0 Å². The molecule has 4 rings (SSSR count). The zero-order valence-electron chi connectivity index (χ0n) is 52.1. The quantitative estimate of drug-likeness (QED) is 0.138. The smallest absolute Gasteiger partial charge is 0.192 e. The second-order valence-electron chi connectivity index (χ2n) is 32.1. The summed E-state index contributed by atoms with van der Waals surface area (Å²) < 4.78 is 28.5. The van der Waals surface area contributed by atoms with Gasteiger partial charge in [0.1, 0.15) is 5.78 Å². The molecule has 0 radical (unpaired) electrons. The van der Waals surface area contributed by atoms with Crippen molar-refractivity contribution in [1.82, 2.24) is 0 Å². The maximum atomic E-state index is 12.7. The van der Waals surface area contributed by atoms with Crippen LogP contribution >= 0.6 is 0 Å². The van der Waals surface area contributed by atoms with Gasteiger partial charge in [-0.2, -0.15) is 0 Å². The monoisotopic (exact) mass is 1050 g/mol. The molecule has 414 valence electrons. The summed E-state index contributed by atoms with van der Waals surface area (Å²) in [6.07, 6.45) is 15.9. The minimum absolute atomic E-state index is 0.0814. The van der Waals surface area contributed by atoms with E-state index in [2.05, 4.69) is 191 Å². The van der Waals surface area contributed by atoms with Crippen molar-refractivity contribution in [2.45, 2.75) is 330 Å². The summed E-state index contributed by atoms with van der Waals surface area (Å²) in [7, 11) is -7.81. The lowest BCUT2D eigenvalue weighted by Crippen LogP contribution is -2.56. The molecule has 4 fully saturated rings. The first kappa shape index (κ1) is 64.6. The highest BCUT2D eigenvalue weighted by Crippen LogP contribution is 2.60. The number of carbonyl (C=O) groups excluding carboxylic acids is 1. The number of carbonyl (C=O) groups is 1. The van der Waals surface area contributed by atoms with Crippen molar-refractivity contribution in [2.75, 3.05) is 0 Å². The summed E-state index contributed by atoms with van der Waals surface area (Å²) in [6, 6.07) is 0. The second kappa shape index (κ2) is 22.4. The Bertz CT molecular complexity index is 1690. The van der Waals surface area contributed by atoms with E-state index >= 15 is 0 Å². The lowest BCUT2D eigenvalue weighted by molar-refractivity contribution is -0.130. The van der Waals surface area contributed by atoms with Crippen LogP contribution in [-0.2, 0) is 22.5 Å². The van der Waals surface area contributed by atoms with E-state index in [9.17, 15) is 9.90 Å². The number of aliphatic hydroxyl groups is 1. The molecule has 0 unspecified atom stereocenters. The first-order valence-electron chi connectivity index (χ1n) is 29.1. The fraction of sp³-hybridized carbons (Fsp3) is 0.983. The van der Waals surface area contributed by atoms with Crippen LogP contribution in [0.15, 0.2) is 0 Å². The second-order valence-corrected chi connectivity index (χ2v) is 51.1. The van der Waals surface area contributed by atoms with Gasteiger partial charge < -0.3 is 22.8 Å². The average molecular weight is 1050 g/mol. The van der Waals surface area contributed by atoms with Crippen LogP contribution in [0, 0.1) is 46.3 Å². The van der Waals surface area contributed by atoms with E-state index in [-0.39, 0.29) is 55.1 Å². The van der Waals surface area contributed by atoms with Crippen LogP contribution in [0.2, 0.25) is 72.5 Å². The van der Waals surface area contributed by atoms with E-state index < -0.39 is 33.3 Å². The normalized spacial score (nSPS) is 29.7. The summed E-state index contributed by atoms with van der Waals surface area (Å²) in [5.41, 5.74) is -0.139. The van der Waals surface area contributed by atoms with Gasteiger partial charge in [-0.05, 0) is 218 Å². The number of hydrogen-bond acceptors (Lipinski definition) is 6. The number of hydrogen-bond donors (Lipinski definition) is 1. The van der Waals surface area contributed by atoms with Crippen molar-refractivity contribution in [1.29, 1.82) is 0 Å². The van der Waals surface area contributed by atoms with Crippen molar-refractivity contribution in [3.8, 4) is 0 Å². The van der Waals surface area contributed by atoms with Gasteiger partial charge in [0.05, 0.1) is 29.5 Å². The van der Waals surface area contributed by atoms with Crippen LogP contribution in [0.4, 0.5) is 0 Å². The summed E-state index contributed by atoms with van der Waals surface area (Å²) >= 11 is 0. The average Bonchev–Trinajstić information content (AvgIpc) is 3.70. The van der Waals surface area contributed by atoms with Crippen LogP contribution < -0.4 is 0 Å². The Kier molecular flexibility index (Phi) is 20.6. The SMILES string of the molecule is C[C@H](CC[C@H](O[Si](C)(C)C(C)(C)C)C(C)(C)O[Si](C)(C)C(C)(C)C)[C@H]1CC[C@H]2C(=O)CCC[C@]12C.C[C@H](CC[C@H](O[Si](C)(C)C(C)(C)C)C(C)(C)O[Si](C)(C)C(C)(C)C)[C@H]1CC[C@H]2[C@@H](O)CCC[C@]12C. The molecule has 0 aromatic carbocycles. The summed E-state index contributed by atoms with van der Waals surface area (Å²) in [4.78, 5) is 12.7. The van der Waals surface area contributed by atoms with Crippen molar-refractivity contribution in [3.05, 3.63) is 0 Å². The maximum Gasteiger partial charge on any atom is 0.192 e. The lowest BCUT2D eigenvalue weighted by atomic mass is 9.61. The van der Waals surface area contributed by atoms with Crippen molar-refractivity contribution in [2.24, 2.45) is 46.3 Å². The molecule has 0 heterocycles. The molecule has 0 saturated heterocycles. The minimum atomic E-state index is -1.96. The molecule has 4 aliphatic rings. The summed E-state index contributed by atoms with van der Waals surface area (Å²) in [6.45, 7) is 66.0. The molecule has 4 saturated carbocycles. The van der Waals surface area contributed by atoms with Gasteiger partial charge >= 0.3 is 0 Å². The summed E-state index contributed by atoms with van der Waals surface area (Å²) in [5, 5.41) is 11.4. The van der Waals surface area contributed by atoms with Crippen LogP contribution in [0.5, 0.6) is 0 Å².